The van der Waals surface area contributed by atoms with Crippen LogP contribution in [0.4, 0.5) is 5.82 Å². The maximum atomic E-state index is 4.69. The van der Waals surface area contributed by atoms with Crippen LogP contribution in [0.25, 0.3) is 0 Å². The fourth-order valence-electron chi connectivity index (χ4n) is 4.78. The first-order chi connectivity index (χ1) is 14.3. The molecular formula is C24H35N5. The number of hydrogen-bond acceptors (Lipinski definition) is 5. The third kappa shape index (κ3) is 5.14. The van der Waals surface area contributed by atoms with Crippen molar-refractivity contribution in [2.24, 2.45) is 0 Å². The van der Waals surface area contributed by atoms with E-state index in [1.165, 1.54) is 86.2 Å². The van der Waals surface area contributed by atoms with E-state index in [9.17, 15) is 0 Å². The number of piperidine rings is 1. The number of pyridine rings is 2. The SMILES string of the molecule is CNCC1Cc2c(ccnc2N2CCCCC2)CN1.c1cnc2c(c1)CCCC2. The van der Waals surface area contributed by atoms with Crippen LogP contribution >= 0.6 is 0 Å². The quantitative estimate of drug-likeness (QED) is 0.838. The standard InChI is InChI=1S/C15H24N4.C9H11N/c1-16-11-13-9-14-12(10-18-13)5-6-17-15(14)19-7-3-2-4-8-19;1-2-6-9-8(4-1)5-3-7-10-9/h5-6,13,16,18H,2-4,7-11H2,1H3;3,5,7H,1-2,4,6H2. The number of aryl methyl sites for hydroxylation is 2. The summed E-state index contributed by atoms with van der Waals surface area (Å²) in [5.74, 6) is 1.25. The average Bonchev–Trinajstić information content (AvgIpc) is 2.80. The highest BCUT2D eigenvalue weighted by atomic mass is 15.2. The minimum Gasteiger partial charge on any atom is -0.356 e. The Morgan fingerprint density at radius 1 is 1.00 bits per heavy atom. The average molecular weight is 394 g/mol. The molecule has 1 atom stereocenters. The van der Waals surface area contributed by atoms with Crippen LogP contribution < -0.4 is 15.5 Å². The zero-order valence-electron chi connectivity index (χ0n) is 17.8. The largest absolute Gasteiger partial charge is 0.356 e. The molecule has 5 heteroatoms. The van der Waals surface area contributed by atoms with Crippen LogP contribution in [0.15, 0.2) is 30.6 Å². The molecule has 3 aliphatic rings. The molecule has 1 unspecified atom stereocenters. The number of likely N-dealkylation sites (N-methyl/N-ethyl adjacent to an activating group) is 1. The number of anilines is 1. The van der Waals surface area contributed by atoms with Gasteiger partial charge in [-0.1, -0.05) is 6.07 Å². The number of nitrogens with zero attached hydrogens (tertiary/aromatic N) is 3. The van der Waals surface area contributed by atoms with Gasteiger partial charge < -0.3 is 15.5 Å². The van der Waals surface area contributed by atoms with Gasteiger partial charge in [-0.3, -0.25) is 4.98 Å². The van der Waals surface area contributed by atoms with E-state index in [1.54, 1.807) is 0 Å². The lowest BCUT2D eigenvalue weighted by Crippen LogP contribution is -2.43. The predicted octanol–water partition coefficient (Wildman–Crippen LogP) is 3.27. The summed E-state index contributed by atoms with van der Waals surface area (Å²) in [6.07, 6.45) is 14.0. The van der Waals surface area contributed by atoms with Crippen LogP contribution in [-0.4, -0.2) is 42.7 Å². The summed E-state index contributed by atoms with van der Waals surface area (Å²) in [5, 5.41) is 6.87. The molecule has 2 aromatic rings. The van der Waals surface area contributed by atoms with Gasteiger partial charge in [0.15, 0.2) is 0 Å². The summed E-state index contributed by atoms with van der Waals surface area (Å²) >= 11 is 0. The first-order valence-electron chi connectivity index (χ1n) is 11.4. The molecule has 0 amide bonds. The Kier molecular flexibility index (Phi) is 7.12. The Balaban J connectivity index is 0.000000171. The second-order valence-electron chi connectivity index (χ2n) is 8.48. The van der Waals surface area contributed by atoms with Crippen molar-refractivity contribution in [3.63, 3.8) is 0 Å². The van der Waals surface area contributed by atoms with Crippen LogP contribution in [0.2, 0.25) is 0 Å². The van der Waals surface area contributed by atoms with Crippen molar-refractivity contribution in [3.05, 3.63) is 53.0 Å². The van der Waals surface area contributed by atoms with E-state index in [2.05, 4.69) is 37.6 Å². The van der Waals surface area contributed by atoms with Crippen molar-refractivity contribution >= 4 is 5.82 Å². The van der Waals surface area contributed by atoms with Gasteiger partial charge in [0.05, 0.1) is 0 Å². The van der Waals surface area contributed by atoms with Gasteiger partial charge in [-0.05, 0) is 81.7 Å². The first-order valence-corrected chi connectivity index (χ1v) is 11.4. The molecule has 2 aliphatic heterocycles. The molecule has 156 valence electrons. The summed E-state index contributed by atoms with van der Waals surface area (Å²) in [7, 11) is 2.02. The fourth-order valence-corrected chi connectivity index (χ4v) is 4.78. The normalized spacial score (nSPS) is 20.9. The number of rotatable bonds is 3. The van der Waals surface area contributed by atoms with E-state index in [4.69, 9.17) is 0 Å². The van der Waals surface area contributed by atoms with Gasteiger partial charge in [-0.15, -0.1) is 0 Å². The molecule has 5 rings (SSSR count). The topological polar surface area (TPSA) is 53.1 Å². The molecule has 0 saturated carbocycles. The van der Waals surface area contributed by atoms with Crippen LogP contribution in [0.5, 0.6) is 0 Å². The van der Waals surface area contributed by atoms with E-state index in [0.717, 1.165) is 19.5 Å². The van der Waals surface area contributed by atoms with Gasteiger partial charge in [0.25, 0.3) is 0 Å². The van der Waals surface area contributed by atoms with E-state index in [0.29, 0.717) is 6.04 Å². The number of aromatic nitrogens is 2. The minimum absolute atomic E-state index is 0.533. The maximum Gasteiger partial charge on any atom is 0.132 e. The zero-order chi connectivity index (χ0) is 19.9. The Labute approximate surface area is 175 Å². The van der Waals surface area contributed by atoms with Crippen molar-refractivity contribution < 1.29 is 0 Å². The van der Waals surface area contributed by atoms with E-state index in [-0.39, 0.29) is 0 Å². The lowest BCUT2D eigenvalue weighted by Gasteiger charge is -2.33. The van der Waals surface area contributed by atoms with E-state index < -0.39 is 0 Å². The third-order valence-corrected chi connectivity index (χ3v) is 6.36. The van der Waals surface area contributed by atoms with Crippen LogP contribution in [0, 0.1) is 0 Å². The molecule has 1 saturated heterocycles. The molecule has 0 radical (unpaired) electrons. The Morgan fingerprint density at radius 2 is 1.86 bits per heavy atom. The lowest BCUT2D eigenvalue weighted by molar-refractivity contribution is 0.459. The summed E-state index contributed by atoms with van der Waals surface area (Å²) in [5.41, 5.74) is 5.70. The molecule has 0 spiro atoms. The molecule has 4 heterocycles. The third-order valence-electron chi connectivity index (χ3n) is 6.36. The molecule has 0 aromatic carbocycles. The highest BCUT2D eigenvalue weighted by molar-refractivity contribution is 5.52. The fraction of sp³-hybridized carbons (Fsp3) is 0.583. The molecule has 2 N–H and O–H groups in total. The molecule has 29 heavy (non-hydrogen) atoms. The Hall–Kier alpha value is -1.98. The lowest BCUT2D eigenvalue weighted by atomic mass is 9.95. The highest BCUT2D eigenvalue weighted by Gasteiger charge is 2.24. The zero-order valence-corrected chi connectivity index (χ0v) is 17.8. The van der Waals surface area contributed by atoms with Gasteiger partial charge in [0, 0.05) is 55.9 Å². The van der Waals surface area contributed by atoms with Gasteiger partial charge in [0.1, 0.15) is 5.82 Å². The van der Waals surface area contributed by atoms with Gasteiger partial charge >= 0.3 is 0 Å². The van der Waals surface area contributed by atoms with Crippen LogP contribution in [0.1, 0.15) is 54.5 Å². The monoisotopic (exact) mass is 393 g/mol. The predicted molar refractivity (Wildman–Crippen MR) is 119 cm³/mol. The second kappa shape index (κ2) is 10.2. The summed E-state index contributed by atoms with van der Waals surface area (Å²) in [4.78, 5) is 11.5. The molecule has 1 fully saturated rings. The van der Waals surface area contributed by atoms with E-state index in [1.807, 2.05) is 25.5 Å². The maximum absolute atomic E-state index is 4.69. The molecular weight excluding hydrogens is 358 g/mol. The van der Waals surface area contributed by atoms with Gasteiger partial charge in [-0.25, -0.2) is 4.98 Å². The summed E-state index contributed by atoms with van der Waals surface area (Å²) in [6, 6.07) is 6.93. The molecule has 1 aliphatic carbocycles. The van der Waals surface area contributed by atoms with Crippen molar-refractivity contribution in [1.82, 2.24) is 20.6 Å². The highest BCUT2D eigenvalue weighted by Crippen LogP contribution is 2.28. The van der Waals surface area contributed by atoms with Crippen LogP contribution in [-0.2, 0) is 25.8 Å². The van der Waals surface area contributed by atoms with Crippen LogP contribution in [0.3, 0.4) is 0 Å². The second-order valence-corrected chi connectivity index (χ2v) is 8.48. The van der Waals surface area contributed by atoms with Crippen molar-refractivity contribution in [1.29, 1.82) is 0 Å². The van der Waals surface area contributed by atoms with Gasteiger partial charge in [-0.2, -0.15) is 0 Å². The number of fused-ring (bicyclic) bond motifs is 2. The number of nitrogens with one attached hydrogen (secondary N) is 2. The number of hydrogen-bond donors (Lipinski definition) is 2. The molecule has 5 nitrogen and oxygen atoms in total. The van der Waals surface area contributed by atoms with Crippen molar-refractivity contribution in [2.45, 2.75) is 64.0 Å². The van der Waals surface area contributed by atoms with Gasteiger partial charge in [0.2, 0.25) is 0 Å². The van der Waals surface area contributed by atoms with Crippen molar-refractivity contribution in [2.75, 3.05) is 31.6 Å². The first kappa shape index (κ1) is 20.3. The smallest absolute Gasteiger partial charge is 0.132 e. The van der Waals surface area contributed by atoms with Crippen molar-refractivity contribution in [3.8, 4) is 0 Å². The Bertz CT molecular complexity index is 760. The minimum atomic E-state index is 0.533. The van der Waals surface area contributed by atoms with E-state index >= 15 is 0 Å². The molecule has 2 aromatic heterocycles. The molecule has 0 bridgehead atoms. The Morgan fingerprint density at radius 3 is 2.69 bits per heavy atom. The summed E-state index contributed by atoms with van der Waals surface area (Å²) in [6.45, 7) is 4.35. The summed E-state index contributed by atoms with van der Waals surface area (Å²) < 4.78 is 0.